The first-order valence-electron chi connectivity index (χ1n) is 8.58. The van der Waals surface area contributed by atoms with Crippen LogP contribution in [-0.2, 0) is 20.7 Å². The Labute approximate surface area is 155 Å². The van der Waals surface area contributed by atoms with E-state index in [1.165, 1.54) is 25.1 Å². The van der Waals surface area contributed by atoms with Gasteiger partial charge in [-0.25, -0.2) is 4.39 Å². The highest BCUT2D eigenvalue weighted by Gasteiger charge is 2.29. The summed E-state index contributed by atoms with van der Waals surface area (Å²) in [5, 5.41) is 2.35. The number of para-hydroxylation sites is 1. The van der Waals surface area contributed by atoms with Crippen LogP contribution in [0.15, 0.2) is 48.5 Å². The molecule has 2 amide bonds. The first kappa shape index (κ1) is 18.6. The summed E-state index contributed by atoms with van der Waals surface area (Å²) >= 11 is 0. The highest BCUT2D eigenvalue weighted by atomic mass is 19.1. The molecule has 2 aromatic carbocycles. The molecule has 140 valence electrons. The van der Waals surface area contributed by atoms with Gasteiger partial charge in [0.1, 0.15) is 12.4 Å². The van der Waals surface area contributed by atoms with Crippen LogP contribution in [0.3, 0.4) is 0 Å². The summed E-state index contributed by atoms with van der Waals surface area (Å²) < 4.78 is 18.3. The summed E-state index contributed by atoms with van der Waals surface area (Å²) in [5.74, 6) is -2.20. The van der Waals surface area contributed by atoms with Crippen molar-refractivity contribution in [3.8, 4) is 0 Å². The topological polar surface area (TPSA) is 75.7 Å². The first-order valence-corrected chi connectivity index (χ1v) is 8.58. The van der Waals surface area contributed by atoms with Crippen LogP contribution in [0.4, 0.5) is 10.1 Å². The minimum atomic E-state index is -0.977. The second-order valence-corrected chi connectivity index (χ2v) is 6.19. The van der Waals surface area contributed by atoms with Crippen molar-refractivity contribution in [1.82, 2.24) is 5.32 Å². The quantitative estimate of drug-likeness (QED) is 0.818. The number of amides is 2. The van der Waals surface area contributed by atoms with Gasteiger partial charge in [-0.2, -0.15) is 0 Å². The van der Waals surface area contributed by atoms with E-state index in [-0.39, 0.29) is 11.5 Å². The van der Waals surface area contributed by atoms with Gasteiger partial charge in [-0.15, -0.1) is 0 Å². The molecule has 27 heavy (non-hydrogen) atoms. The van der Waals surface area contributed by atoms with E-state index in [1.807, 2.05) is 24.3 Å². The fourth-order valence-corrected chi connectivity index (χ4v) is 2.96. The number of carbonyl (C=O) groups is 3. The zero-order chi connectivity index (χ0) is 19.4. The highest BCUT2D eigenvalue weighted by molar-refractivity contribution is 5.99. The number of nitrogens with zero attached hydrogens (tertiary/aromatic N) is 1. The Morgan fingerprint density at radius 3 is 2.74 bits per heavy atom. The second-order valence-electron chi connectivity index (χ2n) is 6.19. The summed E-state index contributed by atoms with van der Waals surface area (Å²) in [6.07, 6.45) is -0.221. The molecule has 3 rings (SSSR count). The van der Waals surface area contributed by atoms with Crippen LogP contribution < -0.4 is 10.2 Å². The summed E-state index contributed by atoms with van der Waals surface area (Å²) in [5.41, 5.74) is 2.00. The van der Waals surface area contributed by atoms with Crippen molar-refractivity contribution in [2.45, 2.75) is 19.4 Å². The number of hydrogen-bond acceptors (Lipinski definition) is 4. The van der Waals surface area contributed by atoms with Gasteiger partial charge in [0.25, 0.3) is 11.8 Å². The summed E-state index contributed by atoms with van der Waals surface area (Å²) in [6.45, 7) is 1.62. The van der Waals surface area contributed by atoms with Gasteiger partial charge in [0.15, 0.2) is 6.10 Å². The van der Waals surface area contributed by atoms with Gasteiger partial charge in [0, 0.05) is 17.8 Å². The van der Waals surface area contributed by atoms with Gasteiger partial charge >= 0.3 is 5.97 Å². The third-order valence-corrected chi connectivity index (χ3v) is 4.29. The lowest BCUT2D eigenvalue weighted by Gasteiger charge is -2.21. The van der Waals surface area contributed by atoms with E-state index >= 15 is 0 Å². The number of ether oxygens (including phenoxy) is 1. The summed E-state index contributed by atoms with van der Waals surface area (Å²) in [4.78, 5) is 38.0. The van der Waals surface area contributed by atoms with Gasteiger partial charge < -0.3 is 15.0 Å². The van der Waals surface area contributed by atoms with Gasteiger partial charge in [0.05, 0.1) is 0 Å². The molecule has 1 atom stereocenters. The Bertz CT molecular complexity index is 884. The number of nitrogens with one attached hydrogen (secondary N) is 1. The Morgan fingerprint density at radius 1 is 1.19 bits per heavy atom. The van der Waals surface area contributed by atoms with E-state index in [0.717, 1.165) is 23.7 Å². The van der Waals surface area contributed by atoms with E-state index < -0.39 is 30.3 Å². The van der Waals surface area contributed by atoms with Crippen LogP contribution in [0.25, 0.3) is 0 Å². The van der Waals surface area contributed by atoms with Crippen molar-refractivity contribution in [3.63, 3.8) is 0 Å². The molecule has 1 aliphatic heterocycles. The van der Waals surface area contributed by atoms with Crippen molar-refractivity contribution >= 4 is 23.5 Å². The molecule has 0 saturated heterocycles. The van der Waals surface area contributed by atoms with Crippen molar-refractivity contribution in [3.05, 3.63) is 65.5 Å². The lowest BCUT2D eigenvalue weighted by Crippen LogP contribution is -2.41. The third-order valence-electron chi connectivity index (χ3n) is 4.29. The monoisotopic (exact) mass is 370 g/mol. The Balaban J connectivity index is 1.52. The van der Waals surface area contributed by atoms with Crippen LogP contribution in [0, 0.1) is 5.82 Å². The molecule has 1 aliphatic rings. The number of esters is 1. The number of rotatable bonds is 5. The van der Waals surface area contributed by atoms with E-state index in [4.69, 9.17) is 4.74 Å². The molecule has 7 heteroatoms. The van der Waals surface area contributed by atoms with Crippen LogP contribution >= 0.6 is 0 Å². The first-order chi connectivity index (χ1) is 13.0. The molecule has 6 nitrogen and oxygen atoms in total. The number of carbonyl (C=O) groups excluding carboxylic acids is 3. The molecule has 0 aromatic heterocycles. The normalized spacial score (nSPS) is 13.6. The third kappa shape index (κ3) is 4.31. The number of benzene rings is 2. The van der Waals surface area contributed by atoms with Crippen LogP contribution in [-0.4, -0.2) is 37.0 Å². The maximum absolute atomic E-state index is 13.1. The zero-order valence-electron chi connectivity index (χ0n) is 14.8. The average molecular weight is 370 g/mol. The summed E-state index contributed by atoms with van der Waals surface area (Å²) in [7, 11) is 0. The van der Waals surface area contributed by atoms with Gasteiger partial charge in [0.2, 0.25) is 0 Å². The molecule has 2 aromatic rings. The molecule has 0 aliphatic carbocycles. The average Bonchev–Trinajstić information content (AvgIpc) is 3.09. The van der Waals surface area contributed by atoms with Crippen molar-refractivity contribution in [1.29, 1.82) is 0 Å². The molecule has 1 heterocycles. The zero-order valence-corrected chi connectivity index (χ0v) is 14.8. The maximum atomic E-state index is 13.1. The highest BCUT2D eigenvalue weighted by Crippen LogP contribution is 2.28. The molecule has 0 spiro atoms. The smallest absolute Gasteiger partial charge is 0.326 e. The fraction of sp³-hybridized carbons (Fsp3) is 0.250. The molecule has 0 saturated carbocycles. The molecular weight excluding hydrogens is 351 g/mol. The Morgan fingerprint density at radius 2 is 1.96 bits per heavy atom. The standard InChI is InChI=1S/C20H19FN2O4/c1-13(20(26)23-10-9-14-5-2-3-8-17(14)23)27-18(24)12-22-19(25)15-6-4-7-16(21)11-15/h2-8,11,13H,9-10,12H2,1H3,(H,22,25)/t13-/m1/s1. The fourth-order valence-electron chi connectivity index (χ4n) is 2.96. The number of anilines is 1. The summed E-state index contributed by atoms with van der Waals surface area (Å²) in [6, 6.07) is 12.7. The van der Waals surface area contributed by atoms with E-state index in [2.05, 4.69) is 5.32 Å². The van der Waals surface area contributed by atoms with Gasteiger partial charge in [-0.05, 0) is 43.2 Å². The van der Waals surface area contributed by atoms with E-state index in [0.29, 0.717) is 6.54 Å². The van der Waals surface area contributed by atoms with E-state index in [1.54, 1.807) is 4.90 Å². The van der Waals surface area contributed by atoms with Crippen molar-refractivity contribution < 1.29 is 23.5 Å². The molecular formula is C20H19FN2O4. The van der Waals surface area contributed by atoms with Crippen LogP contribution in [0.5, 0.6) is 0 Å². The maximum Gasteiger partial charge on any atom is 0.326 e. The predicted molar refractivity (Wildman–Crippen MR) is 96.8 cm³/mol. The number of hydrogen-bond donors (Lipinski definition) is 1. The van der Waals surface area contributed by atoms with Crippen LogP contribution in [0.2, 0.25) is 0 Å². The van der Waals surface area contributed by atoms with Gasteiger partial charge in [-0.1, -0.05) is 24.3 Å². The Kier molecular flexibility index (Phi) is 5.49. The molecule has 0 fully saturated rings. The van der Waals surface area contributed by atoms with Crippen molar-refractivity contribution in [2.24, 2.45) is 0 Å². The molecule has 1 N–H and O–H groups in total. The molecule has 0 bridgehead atoms. The Hall–Kier alpha value is -3.22. The minimum absolute atomic E-state index is 0.0978. The molecule has 0 unspecified atom stereocenters. The lowest BCUT2D eigenvalue weighted by atomic mass is 10.2. The largest absolute Gasteiger partial charge is 0.451 e. The van der Waals surface area contributed by atoms with Crippen LogP contribution in [0.1, 0.15) is 22.8 Å². The lowest BCUT2D eigenvalue weighted by molar-refractivity contribution is -0.152. The number of fused-ring (bicyclic) bond motifs is 1. The SMILES string of the molecule is C[C@@H](OC(=O)CNC(=O)c1cccc(F)c1)C(=O)N1CCc2ccccc21. The second kappa shape index (κ2) is 7.99. The predicted octanol–water partition coefficient (Wildman–Crippen LogP) is 2.08. The van der Waals surface area contributed by atoms with Crippen molar-refractivity contribution in [2.75, 3.05) is 18.0 Å². The number of halogens is 1. The minimum Gasteiger partial charge on any atom is -0.451 e. The van der Waals surface area contributed by atoms with E-state index in [9.17, 15) is 18.8 Å². The van der Waals surface area contributed by atoms with Gasteiger partial charge in [-0.3, -0.25) is 14.4 Å². The molecule has 0 radical (unpaired) electrons.